The molecule has 17 heavy (non-hydrogen) atoms. The minimum absolute atomic E-state index is 0.623. The van der Waals surface area contributed by atoms with Crippen molar-refractivity contribution in [3.05, 3.63) is 11.8 Å². The number of aryl methyl sites for hydroxylation is 1. The summed E-state index contributed by atoms with van der Waals surface area (Å²) in [5, 5.41) is 3.14. The molecule has 0 radical (unpaired) electrons. The molecule has 0 aliphatic heterocycles. The maximum absolute atomic E-state index is 5.18. The molecule has 0 saturated carbocycles. The van der Waals surface area contributed by atoms with E-state index < -0.39 is 0 Å². The van der Waals surface area contributed by atoms with E-state index in [4.69, 9.17) is 4.74 Å². The van der Waals surface area contributed by atoms with E-state index in [0.29, 0.717) is 5.88 Å². The molecule has 1 N–H and O–H groups in total. The van der Waals surface area contributed by atoms with Crippen LogP contribution in [-0.4, -0.2) is 43.8 Å². The van der Waals surface area contributed by atoms with E-state index in [1.807, 2.05) is 20.0 Å². The van der Waals surface area contributed by atoms with Gasteiger partial charge in [0.05, 0.1) is 7.11 Å². The summed E-state index contributed by atoms with van der Waals surface area (Å²) >= 11 is 0. The van der Waals surface area contributed by atoms with Gasteiger partial charge < -0.3 is 15.0 Å². The van der Waals surface area contributed by atoms with E-state index in [1.54, 1.807) is 7.11 Å². The topological polar surface area (TPSA) is 50.3 Å². The first-order valence-corrected chi connectivity index (χ1v) is 6.00. The number of aromatic nitrogens is 2. The van der Waals surface area contributed by atoms with Gasteiger partial charge in [-0.05, 0) is 20.4 Å². The molecular formula is C12H22N4O. The first kappa shape index (κ1) is 13.7. The first-order valence-electron chi connectivity index (χ1n) is 6.00. The average Bonchev–Trinajstić information content (AvgIpc) is 2.33. The van der Waals surface area contributed by atoms with E-state index in [9.17, 15) is 0 Å². The van der Waals surface area contributed by atoms with Gasteiger partial charge in [-0.15, -0.1) is 0 Å². The Bertz CT molecular complexity index is 343. The van der Waals surface area contributed by atoms with Crippen molar-refractivity contribution >= 4 is 5.95 Å². The Hall–Kier alpha value is -1.36. The highest BCUT2D eigenvalue weighted by atomic mass is 16.5. The highest BCUT2D eigenvalue weighted by Crippen LogP contribution is 2.15. The van der Waals surface area contributed by atoms with Crippen LogP contribution in [0.15, 0.2) is 6.07 Å². The van der Waals surface area contributed by atoms with Crippen LogP contribution < -0.4 is 15.0 Å². The number of ether oxygens (including phenoxy) is 1. The van der Waals surface area contributed by atoms with Crippen molar-refractivity contribution in [2.24, 2.45) is 0 Å². The Morgan fingerprint density at radius 2 is 2.12 bits per heavy atom. The van der Waals surface area contributed by atoms with E-state index in [0.717, 1.165) is 37.7 Å². The van der Waals surface area contributed by atoms with E-state index in [-0.39, 0.29) is 0 Å². The molecular weight excluding hydrogens is 216 g/mol. The minimum atomic E-state index is 0.623. The zero-order valence-electron chi connectivity index (χ0n) is 11.2. The van der Waals surface area contributed by atoms with Crippen LogP contribution >= 0.6 is 0 Å². The normalized spacial score (nSPS) is 10.4. The molecule has 0 aliphatic rings. The zero-order valence-corrected chi connectivity index (χ0v) is 11.2. The summed E-state index contributed by atoms with van der Waals surface area (Å²) in [5.74, 6) is 1.37. The van der Waals surface area contributed by atoms with Crippen LogP contribution in [0.2, 0.25) is 0 Å². The second-order valence-electron chi connectivity index (χ2n) is 3.94. The van der Waals surface area contributed by atoms with Gasteiger partial charge in [0.1, 0.15) is 0 Å². The summed E-state index contributed by atoms with van der Waals surface area (Å²) < 4.78 is 5.18. The Labute approximate surface area is 103 Å². The summed E-state index contributed by atoms with van der Waals surface area (Å²) in [6, 6.07) is 1.84. The molecule has 1 aromatic rings. The molecule has 0 aliphatic carbocycles. The van der Waals surface area contributed by atoms with Crippen molar-refractivity contribution in [2.75, 3.05) is 38.7 Å². The number of nitrogens with zero attached hydrogens (tertiary/aromatic N) is 3. The lowest BCUT2D eigenvalue weighted by Crippen LogP contribution is -2.33. The number of hydrogen-bond donors (Lipinski definition) is 1. The number of nitrogens with one attached hydrogen (secondary N) is 1. The Balaban J connectivity index is 2.87. The van der Waals surface area contributed by atoms with Gasteiger partial charge in [0, 0.05) is 31.4 Å². The van der Waals surface area contributed by atoms with Crippen LogP contribution in [0.5, 0.6) is 5.88 Å². The van der Waals surface area contributed by atoms with Crippen LogP contribution in [-0.2, 0) is 0 Å². The SMILES string of the molecule is CCCN(CCNC)c1nc(C)cc(OC)n1. The standard InChI is InChI=1S/C12H22N4O/c1-5-7-16(8-6-13-3)12-14-10(2)9-11(15-12)17-4/h9,13H,5-8H2,1-4H3. The fourth-order valence-electron chi connectivity index (χ4n) is 1.60. The molecule has 5 heteroatoms. The molecule has 0 bridgehead atoms. The lowest BCUT2D eigenvalue weighted by Gasteiger charge is -2.22. The average molecular weight is 238 g/mol. The molecule has 0 saturated heterocycles. The van der Waals surface area contributed by atoms with Gasteiger partial charge in [-0.2, -0.15) is 4.98 Å². The smallest absolute Gasteiger partial charge is 0.228 e. The second-order valence-corrected chi connectivity index (χ2v) is 3.94. The Morgan fingerprint density at radius 3 is 2.71 bits per heavy atom. The fraction of sp³-hybridized carbons (Fsp3) is 0.667. The molecule has 0 aromatic carbocycles. The van der Waals surface area contributed by atoms with Crippen molar-refractivity contribution in [2.45, 2.75) is 20.3 Å². The van der Waals surface area contributed by atoms with Gasteiger partial charge >= 0.3 is 0 Å². The van der Waals surface area contributed by atoms with Crippen molar-refractivity contribution in [1.29, 1.82) is 0 Å². The molecule has 1 aromatic heterocycles. The number of likely N-dealkylation sites (N-methyl/N-ethyl adjacent to an activating group) is 1. The van der Waals surface area contributed by atoms with Gasteiger partial charge in [0.2, 0.25) is 11.8 Å². The number of anilines is 1. The Kier molecular flexibility index (Phi) is 5.69. The highest BCUT2D eigenvalue weighted by molar-refractivity contribution is 5.34. The molecule has 96 valence electrons. The number of rotatable bonds is 7. The maximum atomic E-state index is 5.18. The van der Waals surface area contributed by atoms with Crippen molar-refractivity contribution in [1.82, 2.24) is 15.3 Å². The predicted molar refractivity (Wildman–Crippen MR) is 69.8 cm³/mol. The third-order valence-corrected chi connectivity index (χ3v) is 2.44. The van der Waals surface area contributed by atoms with Crippen molar-refractivity contribution in [3.8, 4) is 5.88 Å². The minimum Gasteiger partial charge on any atom is -0.481 e. The van der Waals surface area contributed by atoms with Crippen LogP contribution in [0.1, 0.15) is 19.0 Å². The van der Waals surface area contributed by atoms with Crippen molar-refractivity contribution < 1.29 is 4.74 Å². The number of methoxy groups -OCH3 is 1. The fourth-order valence-corrected chi connectivity index (χ4v) is 1.60. The molecule has 0 amide bonds. The maximum Gasteiger partial charge on any atom is 0.228 e. The summed E-state index contributed by atoms with van der Waals surface area (Å²) in [5.41, 5.74) is 0.928. The van der Waals surface area contributed by atoms with Gasteiger partial charge in [-0.3, -0.25) is 0 Å². The van der Waals surface area contributed by atoms with E-state index in [2.05, 4.69) is 27.1 Å². The van der Waals surface area contributed by atoms with E-state index in [1.165, 1.54) is 0 Å². The molecule has 5 nitrogen and oxygen atoms in total. The molecule has 0 fully saturated rings. The quantitative estimate of drug-likeness (QED) is 0.774. The Morgan fingerprint density at radius 1 is 1.35 bits per heavy atom. The third kappa shape index (κ3) is 4.19. The second kappa shape index (κ2) is 7.06. The summed E-state index contributed by atoms with van der Waals surface area (Å²) in [6.45, 7) is 6.88. The van der Waals surface area contributed by atoms with Gasteiger partial charge in [0.15, 0.2) is 0 Å². The predicted octanol–water partition coefficient (Wildman–Crippen LogP) is 1.23. The van der Waals surface area contributed by atoms with E-state index >= 15 is 0 Å². The highest BCUT2D eigenvalue weighted by Gasteiger charge is 2.10. The van der Waals surface area contributed by atoms with Crippen LogP contribution in [0.4, 0.5) is 5.95 Å². The van der Waals surface area contributed by atoms with Crippen LogP contribution in [0.25, 0.3) is 0 Å². The van der Waals surface area contributed by atoms with Gasteiger partial charge in [0.25, 0.3) is 0 Å². The van der Waals surface area contributed by atoms with Gasteiger partial charge in [-0.1, -0.05) is 6.92 Å². The molecule has 0 atom stereocenters. The largest absolute Gasteiger partial charge is 0.481 e. The summed E-state index contributed by atoms with van der Waals surface area (Å²) in [4.78, 5) is 11.0. The summed E-state index contributed by atoms with van der Waals surface area (Å²) in [6.07, 6.45) is 1.07. The molecule has 1 rings (SSSR count). The molecule has 0 unspecified atom stereocenters. The summed E-state index contributed by atoms with van der Waals surface area (Å²) in [7, 11) is 3.57. The monoisotopic (exact) mass is 238 g/mol. The molecule has 1 heterocycles. The van der Waals surface area contributed by atoms with Crippen LogP contribution in [0, 0.1) is 6.92 Å². The third-order valence-electron chi connectivity index (χ3n) is 2.44. The lowest BCUT2D eigenvalue weighted by atomic mass is 10.4. The molecule has 0 spiro atoms. The lowest BCUT2D eigenvalue weighted by molar-refractivity contribution is 0.396. The number of hydrogen-bond acceptors (Lipinski definition) is 5. The van der Waals surface area contributed by atoms with Crippen LogP contribution in [0.3, 0.4) is 0 Å². The van der Waals surface area contributed by atoms with Crippen molar-refractivity contribution in [3.63, 3.8) is 0 Å². The van der Waals surface area contributed by atoms with Gasteiger partial charge in [-0.25, -0.2) is 4.98 Å². The first-order chi connectivity index (χ1) is 8.21. The zero-order chi connectivity index (χ0) is 12.7.